The zero-order valence-electron chi connectivity index (χ0n) is 13.3. The molecule has 1 aliphatic carbocycles. The lowest BCUT2D eigenvalue weighted by Crippen LogP contribution is -2.46. The van der Waals surface area contributed by atoms with Gasteiger partial charge in [0.2, 0.25) is 11.8 Å². The van der Waals surface area contributed by atoms with E-state index in [1.165, 1.54) is 6.42 Å². The first kappa shape index (κ1) is 15.1. The second-order valence-corrected chi connectivity index (χ2v) is 6.77. The van der Waals surface area contributed by atoms with Crippen LogP contribution in [0.3, 0.4) is 0 Å². The molecule has 0 bridgehead atoms. The minimum atomic E-state index is -0.366. The van der Waals surface area contributed by atoms with E-state index in [-0.39, 0.29) is 30.2 Å². The summed E-state index contributed by atoms with van der Waals surface area (Å²) in [6.45, 7) is 4.47. The summed E-state index contributed by atoms with van der Waals surface area (Å²) >= 11 is 0. The largest absolute Gasteiger partial charge is 0.353 e. The summed E-state index contributed by atoms with van der Waals surface area (Å²) in [7, 11) is 0. The molecule has 0 spiro atoms. The topological polar surface area (TPSA) is 58.2 Å². The Bertz CT molecular complexity index is 584. The highest BCUT2D eigenvalue weighted by atomic mass is 16.2. The summed E-state index contributed by atoms with van der Waals surface area (Å²) in [5.41, 5.74) is 1.69. The van der Waals surface area contributed by atoms with Crippen LogP contribution in [0.25, 0.3) is 0 Å². The molecule has 1 aromatic rings. The van der Waals surface area contributed by atoms with E-state index in [9.17, 15) is 9.59 Å². The van der Waals surface area contributed by atoms with Gasteiger partial charge in [-0.25, -0.2) is 0 Å². The second-order valence-electron chi connectivity index (χ2n) is 6.77. The fourth-order valence-corrected chi connectivity index (χ4v) is 3.71. The molecule has 22 heavy (non-hydrogen) atoms. The lowest BCUT2D eigenvalue weighted by Gasteiger charge is -2.36. The van der Waals surface area contributed by atoms with E-state index < -0.39 is 0 Å². The van der Waals surface area contributed by atoms with Gasteiger partial charge in [0.15, 0.2) is 0 Å². The average molecular weight is 300 g/mol. The number of benzene rings is 1. The van der Waals surface area contributed by atoms with Crippen LogP contribution in [-0.4, -0.2) is 17.9 Å². The molecule has 1 heterocycles. The van der Waals surface area contributed by atoms with Crippen molar-refractivity contribution in [2.75, 3.05) is 5.32 Å². The van der Waals surface area contributed by atoms with Crippen LogP contribution in [0.2, 0.25) is 0 Å². The number of anilines is 1. The van der Waals surface area contributed by atoms with Crippen LogP contribution in [0, 0.1) is 11.8 Å². The smallest absolute Gasteiger partial charge is 0.228 e. The summed E-state index contributed by atoms with van der Waals surface area (Å²) in [4.78, 5) is 24.6. The Balaban J connectivity index is 1.76. The van der Waals surface area contributed by atoms with E-state index in [1.807, 2.05) is 24.3 Å². The van der Waals surface area contributed by atoms with Gasteiger partial charge in [-0.3, -0.25) is 9.59 Å². The third-order valence-electron chi connectivity index (χ3n) is 5.35. The Morgan fingerprint density at radius 3 is 2.82 bits per heavy atom. The monoisotopic (exact) mass is 300 g/mol. The molecule has 4 atom stereocenters. The number of nitrogens with one attached hydrogen (secondary N) is 2. The predicted octanol–water partition coefficient (Wildman–Crippen LogP) is 3.05. The Labute approximate surface area is 131 Å². The average Bonchev–Trinajstić information content (AvgIpc) is 2.51. The van der Waals surface area contributed by atoms with Crippen molar-refractivity contribution >= 4 is 17.5 Å². The second kappa shape index (κ2) is 6.11. The predicted molar refractivity (Wildman–Crippen MR) is 86.5 cm³/mol. The molecular weight excluding hydrogens is 276 g/mol. The quantitative estimate of drug-likeness (QED) is 0.882. The molecule has 3 rings (SSSR count). The van der Waals surface area contributed by atoms with Crippen LogP contribution < -0.4 is 10.6 Å². The van der Waals surface area contributed by atoms with Crippen LogP contribution in [0.15, 0.2) is 24.3 Å². The number of rotatable bonds is 2. The van der Waals surface area contributed by atoms with Crippen molar-refractivity contribution in [2.24, 2.45) is 11.8 Å². The number of carbonyl (C=O) groups excluding carboxylic acids is 2. The van der Waals surface area contributed by atoms with Crippen molar-refractivity contribution in [3.8, 4) is 0 Å². The Kier molecular flexibility index (Phi) is 4.19. The molecule has 2 N–H and O–H groups in total. The SMILES string of the molecule is CC1CCCC(NC(=O)C2CC(=O)Nc3ccccc32)C1C. The number of amides is 2. The van der Waals surface area contributed by atoms with Crippen LogP contribution in [0.1, 0.15) is 51.0 Å². The Hall–Kier alpha value is -1.84. The van der Waals surface area contributed by atoms with E-state index in [4.69, 9.17) is 0 Å². The van der Waals surface area contributed by atoms with Crippen molar-refractivity contribution in [3.05, 3.63) is 29.8 Å². The standard InChI is InChI=1S/C18H24N2O2/c1-11-6-5-9-15(12(11)2)20-18(22)14-10-17(21)19-16-8-4-3-7-13(14)16/h3-4,7-8,11-12,14-15H,5-6,9-10H2,1-2H3,(H,19,21)(H,20,22). The normalized spacial score (nSPS) is 31.1. The third-order valence-corrected chi connectivity index (χ3v) is 5.35. The first-order chi connectivity index (χ1) is 10.6. The molecule has 2 aliphatic rings. The lowest BCUT2D eigenvalue weighted by atomic mass is 9.77. The Morgan fingerprint density at radius 1 is 1.23 bits per heavy atom. The maximum Gasteiger partial charge on any atom is 0.228 e. The summed E-state index contributed by atoms with van der Waals surface area (Å²) in [6.07, 6.45) is 3.68. The maximum atomic E-state index is 12.7. The third kappa shape index (κ3) is 2.87. The zero-order valence-corrected chi connectivity index (χ0v) is 13.3. The van der Waals surface area contributed by atoms with Gasteiger partial charge in [0.25, 0.3) is 0 Å². The molecule has 118 valence electrons. The van der Waals surface area contributed by atoms with Gasteiger partial charge in [0, 0.05) is 18.2 Å². The van der Waals surface area contributed by atoms with Gasteiger partial charge in [-0.05, 0) is 29.9 Å². The molecular formula is C18H24N2O2. The minimum Gasteiger partial charge on any atom is -0.353 e. The molecule has 1 aromatic carbocycles. The highest BCUT2D eigenvalue weighted by molar-refractivity contribution is 6.01. The number of hydrogen-bond acceptors (Lipinski definition) is 2. The van der Waals surface area contributed by atoms with Crippen LogP contribution in [-0.2, 0) is 9.59 Å². The molecule has 0 radical (unpaired) electrons. The molecule has 2 amide bonds. The molecule has 1 fully saturated rings. The van der Waals surface area contributed by atoms with Gasteiger partial charge in [0.1, 0.15) is 0 Å². The number of hydrogen-bond donors (Lipinski definition) is 2. The molecule has 4 heteroatoms. The Morgan fingerprint density at radius 2 is 2.00 bits per heavy atom. The van der Waals surface area contributed by atoms with Gasteiger partial charge >= 0.3 is 0 Å². The summed E-state index contributed by atoms with van der Waals surface area (Å²) in [6, 6.07) is 7.82. The summed E-state index contributed by atoms with van der Waals surface area (Å²) in [5, 5.41) is 6.06. The van der Waals surface area contributed by atoms with Crippen molar-refractivity contribution in [1.29, 1.82) is 0 Å². The van der Waals surface area contributed by atoms with Gasteiger partial charge in [-0.15, -0.1) is 0 Å². The van der Waals surface area contributed by atoms with Gasteiger partial charge in [-0.1, -0.05) is 44.9 Å². The van der Waals surface area contributed by atoms with Crippen LogP contribution in [0.4, 0.5) is 5.69 Å². The van der Waals surface area contributed by atoms with Crippen LogP contribution >= 0.6 is 0 Å². The van der Waals surface area contributed by atoms with Crippen molar-refractivity contribution < 1.29 is 9.59 Å². The first-order valence-corrected chi connectivity index (χ1v) is 8.25. The van der Waals surface area contributed by atoms with Gasteiger partial charge in [-0.2, -0.15) is 0 Å². The fourth-order valence-electron chi connectivity index (χ4n) is 3.71. The zero-order chi connectivity index (χ0) is 15.7. The number of fused-ring (bicyclic) bond motifs is 1. The molecule has 1 saturated carbocycles. The first-order valence-electron chi connectivity index (χ1n) is 8.25. The lowest BCUT2D eigenvalue weighted by molar-refractivity contribution is -0.127. The van der Waals surface area contributed by atoms with Crippen molar-refractivity contribution in [2.45, 2.75) is 51.5 Å². The van der Waals surface area contributed by atoms with E-state index in [0.29, 0.717) is 11.8 Å². The number of para-hydroxylation sites is 1. The van der Waals surface area contributed by atoms with Crippen molar-refractivity contribution in [3.63, 3.8) is 0 Å². The highest BCUT2D eigenvalue weighted by Crippen LogP contribution is 2.34. The van der Waals surface area contributed by atoms with Gasteiger partial charge in [0.05, 0.1) is 5.92 Å². The van der Waals surface area contributed by atoms with E-state index in [1.54, 1.807) is 0 Å². The fraction of sp³-hybridized carbons (Fsp3) is 0.556. The van der Waals surface area contributed by atoms with E-state index in [0.717, 1.165) is 24.1 Å². The summed E-state index contributed by atoms with van der Waals surface area (Å²) in [5.74, 6) is 0.679. The number of carbonyl (C=O) groups is 2. The molecule has 0 saturated heterocycles. The summed E-state index contributed by atoms with van der Waals surface area (Å²) < 4.78 is 0. The van der Waals surface area contributed by atoms with Crippen molar-refractivity contribution in [1.82, 2.24) is 5.32 Å². The molecule has 4 nitrogen and oxygen atoms in total. The minimum absolute atomic E-state index is 0.00625. The van der Waals surface area contributed by atoms with E-state index >= 15 is 0 Å². The molecule has 0 aromatic heterocycles. The highest BCUT2D eigenvalue weighted by Gasteiger charge is 2.34. The van der Waals surface area contributed by atoms with Gasteiger partial charge < -0.3 is 10.6 Å². The van der Waals surface area contributed by atoms with E-state index in [2.05, 4.69) is 24.5 Å². The van der Waals surface area contributed by atoms with Crippen LogP contribution in [0.5, 0.6) is 0 Å². The maximum absolute atomic E-state index is 12.7. The molecule has 1 aliphatic heterocycles. The molecule has 4 unspecified atom stereocenters.